The first kappa shape index (κ1) is 7.77. The van der Waals surface area contributed by atoms with Gasteiger partial charge in [0.1, 0.15) is 0 Å². The van der Waals surface area contributed by atoms with E-state index in [1.54, 1.807) is 0 Å². The number of hydrogen-bond acceptors (Lipinski definition) is 2. The molecule has 0 aromatic carbocycles. The Bertz CT molecular complexity index is 265. The fraction of sp³-hybridized carbons (Fsp3) is 0.500. The van der Waals surface area contributed by atoms with E-state index in [0.717, 1.165) is 0 Å². The van der Waals surface area contributed by atoms with E-state index in [-0.39, 0.29) is 0 Å². The second-order valence-corrected chi connectivity index (χ2v) is 4.63. The minimum absolute atomic E-state index is 0.645. The summed E-state index contributed by atoms with van der Waals surface area (Å²) >= 11 is 5.37. The van der Waals surface area contributed by atoms with Crippen molar-refractivity contribution in [1.29, 1.82) is 0 Å². The molecule has 1 aromatic rings. The van der Waals surface area contributed by atoms with Crippen molar-refractivity contribution in [1.82, 2.24) is 5.32 Å². The summed E-state index contributed by atoms with van der Waals surface area (Å²) in [4.78, 5) is 1.50. The quantitative estimate of drug-likeness (QED) is 0.785. The molecule has 1 unspecified atom stereocenters. The van der Waals surface area contributed by atoms with E-state index in [1.165, 1.54) is 27.9 Å². The van der Waals surface area contributed by atoms with Gasteiger partial charge in [-0.2, -0.15) is 0 Å². The van der Waals surface area contributed by atoms with Crippen LogP contribution in [0.5, 0.6) is 0 Å². The van der Waals surface area contributed by atoms with Gasteiger partial charge >= 0.3 is 0 Å². The van der Waals surface area contributed by atoms with Gasteiger partial charge in [0.15, 0.2) is 0 Å². The smallest absolute Gasteiger partial charge is 0.0430 e. The SMILES string of the molecule is Cc1c(Br)csc1C1CCN1. The molecule has 1 aromatic heterocycles. The van der Waals surface area contributed by atoms with Crippen molar-refractivity contribution >= 4 is 27.3 Å². The third kappa shape index (κ3) is 1.25. The predicted octanol–water partition coefficient (Wildman–Crippen LogP) is 2.85. The maximum absolute atomic E-state index is 3.52. The third-order valence-electron chi connectivity index (χ3n) is 2.16. The van der Waals surface area contributed by atoms with Crippen LogP contribution < -0.4 is 5.32 Å². The number of thiophene rings is 1. The molecule has 1 atom stereocenters. The molecule has 1 fully saturated rings. The largest absolute Gasteiger partial charge is 0.309 e. The molecule has 3 heteroatoms. The molecular formula is C8H10BrNS. The van der Waals surface area contributed by atoms with Gasteiger partial charge in [-0.3, -0.25) is 0 Å². The fourth-order valence-electron chi connectivity index (χ4n) is 1.27. The van der Waals surface area contributed by atoms with Crippen molar-refractivity contribution in [2.24, 2.45) is 0 Å². The van der Waals surface area contributed by atoms with E-state index in [1.807, 2.05) is 11.3 Å². The summed E-state index contributed by atoms with van der Waals surface area (Å²) in [6, 6.07) is 0.645. The van der Waals surface area contributed by atoms with Gasteiger partial charge in [-0.1, -0.05) is 0 Å². The maximum Gasteiger partial charge on any atom is 0.0430 e. The highest BCUT2D eigenvalue weighted by atomic mass is 79.9. The van der Waals surface area contributed by atoms with E-state index in [4.69, 9.17) is 0 Å². The fourth-order valence-corrected chi connectivity index (χ4v) is 2.95. The van der Waals surface area contributed by atoms with Crippen molar-refractivity contribution < 1.29 is 0 Å². The van der Waals surface area contributed by atoms with Gasteiger partial charge in [-0.15, -0.1) is 11.3 Å². The van der Waals surface area contributed by atoms with E-state index >= 15 is 0 Å². The molecule has 0 bridgehead atoms. The molecule has 0 aliphatic carbocycles. The highest BCUT2D eigenvalue weighted by molar-refractivity contribution is 9.10. The van der Waals surface area contributed by atoms with E-state index in [0.29, 0.717) is 6.04 Å². The van der Waals surface area contributed by atoms with E-state index < -0.39 is 0 Å². The van der Waals surface area contributed by atoms with Crippen molar-refractivity contribution in [3.63, 3.8) is 0 Å². The lowest BCUT2D eigenvalue weighted by Gasteiger charge is -2.27. The van der Waals surface area contributed by atoms with Crippen LogP contribution in [0.25, 0.3) is 0 Å². The van der Waals surface area contributed by atoms with Crippen LogP contribution in [0.4, 0.5) is 0 Å². The first-order valence-corrected chi connectivity index (χ1v) is 5.43. The Kier molecular flexibility index (Phi) is 2.04. The summed E-state index contributed by atoms with van der Waals surface area (Å²) in [5.41, 5.74) is 1.41. The normalized spacial score (nSPS) is 23.3. The minimum atomic E-state index is 0.645. The molecule has 1 aliphatic rings. The van der Waals surface area contributed by atoms with Gasteiger partial charge in [0.25, 0.3) is 0 Å². The number of halogens is 1. The first-order valence-electron chi connectivity index (χ1n) is 3.76. The molecule has 1 saturated heterocycles. The van der Waals surface area contributed by atoms with Crippen LogP contribution in [0.2, 0.25) is 0 Å². The average Bonchev–Trinajstić information content (AvgIpc) is 2.15. The van der Waals surface area contributed by atoms with Gasteiger partial charge in [-0.25, -0.2) is 0 Å². The number of rotatable bonds is 1. The van der Waals surface area contributed by atoms with Gasteiger partial charge in [0.2, 0.25) is 0 Å². The zero-order chi connectivity index (χ0) is 7.84. The molecular weight excluding hydrogens is 222 g/mol. The topological polar surface area (TPSA) is 12.0 Å². The summed E-state index contributed by atoms with van der Waals surface area (Å²) in [6.45, 7) is 3.36. The lowest BCUT2D eigenvalue weighted by molar-refractivity contribution is 0.388. The van der Waals surface area contributed by atoms with Crippen molar-refractivity contribution in [2.45, 2.75) is 19.4 Å². The highest BCUT2D eigenvalue weighted by Gasteiger charge is 2.22. The summed E-state index contributed by atoms with van der Waals surface area (Å²) in [5, 5.41) is 5.58. The second-order valence-electron chi connectivity index (χ2n) is 2.87. The Balaban J connectivity index is 2.29. The van der Waals surface area contributed by atoms with Gasteiger partial charge in [0.05, 0.1) is 0 Å². The van der Waals surface area contributed by atoms with Crippen LogP contribution in [0.3, 0.4) is 0 Å². The number of hydrogen-bond donors (Lipinski definition) is 1. The molecule has 1 nitrogen and oxygen atoms in total. The van der Waals surface area contributed by atoms with Crippen molar-refractivity contribution in [3.05, 3.63) is 20.3 Å². The summed E-state index contributed by atoms with van der Waals surface area (Å²) in [7, 11) is 0. The minimum Gasteiger partial charge on any atom is -0.309 e. The number of nitrogens with one attached hydrogen (secondary N) is 1. The highest BCUT2D eigenvalue weighted by Crippen LogP contribution is 2.35. The Morgan fingerprint density at radius 3 is 2.82 bits per heavy atom. The van der Waals surface area contributed by atoms with Crippen molar-refractivity contribution in [3.8, 4) is 0 Å². The molecule has 2 rings (SSSR count). The average molecular weight is 232 g/mol. The van der Waals surface area contributed by atoms with Gasteiger partial charge < -0.3 is 5.32 Å². The Morgan fingerprint density at radius 1 is 1.73 bits per heavy atom. The van der Waals surface area contributed by atoms with Crippen LogP contribution in [0.1, 0.15) is 22.9 Å². The summed E-state index contributed by atoms with van der Waals surface area (Å²) < 4.78 is 1.26. The lowest BCUT2D eigenvalue weighted by atomic mass is 10.0. The zero-order valence-electron chi connectivity index (χ0n) is 6.36. The summed E-state index contributed by atoms with van der Waals surface area (Å²) in [6.07, 6.45) is 1.30. The monoisotopic (exact) mass is 231 g/mol. The molecule has 60 valence electrons. The van der Waals surface area contributed by atoms with Gasteiger partial charge in [-0.05, 0) is 41.4 Å². The zero-order valence-corrected chi connectivity index (χ0v) is 8.76. The molecule has 2 heterocycles. The molecule has 0 spiro atoms. The lowest BCUT2D eigenvalue weighted by Crippen LogP contribution is -2.34. The van der Waals surface area contributed by atoms with Crippen LogP contribution in [0, 0.1) is 6.92 Å². The second kappa shape index (κ2) is 2.88. The van der Waals surface area contributed by atoms with E-state index in [2.05, 4.69) is 33.6 Å². The van der Waals surface area contributed by atoms with Crippen LogP contribution in [-0.4, -0.2) is 6.54 Å². The third-order valence-corrected chi connectivity index (χ3v) is 4.48. The molecule has 0 saturated carbocycles. The van der Waals surface area contributed by atoms with Crippen LogP contribution >= 0.6 is 27.3 Å². The predicted molar refractivity (Wildman–Crippen MR) is 52.1 cm³/mol. The molecule has 11 heavy (non-hydrogen) atoms. The Labute approximate surface area is 78.9 Å². The van der Waals surface area contributed by atoms with Crippen molar-refractivity contribution in [2.75, 3.05) is 6.54 Å². The van der Waals surface area contributed by atoms with Gasteiger partial charge in [0, 0.05) is 20.8 Å². The van der Waals surface area contributed by atoms with Crippen LogP contribution in [-0.2, 0) is 0 Å². The summed E-state index contributed by atoms with van der Waals surface area (Å²) in [5.74, 6) is 0. The maximum atomic E-state index is 3.52. The molecule has 1 N–H and O–H groups in total. The molecule has 0 amide bonds. The van der Waals surface area contributed by atoms with Crippen LogP contribution in [0.15, 0.2) is 9.85 Å². The Hall–Kier alpha value is 0.140. The Morgan fingerprint density at radius 2 is 2.45 bits per heavy atom. The standard InChI is InChI=1S/C8H10BrNS/c1-5-6(9)4-11-8(5)7-2-3-10-7/h4,7,10H,2-3H2,1H3. The molecule has 1 aliphatic heterocycles. The first-order chi connectivity index (χ1) is 5.29. The molecule has 0 radical (unpaired) electrons. The van der Waals surface area contributed by atoms with E-state index in [9.17, 15) is 0 Å².